The standard InChI is InChI=1S/C20H24FN7.C3H6F2/c1-12(2)23-16-5-6-17(24-13(16)3)14-7-8-28-19(14)9-22-20(26-28)25-18-11-27(4)10-15(18)21;1-2-3(4)5/h5-9,15,18H,10-11H2,1-4H3,(H,25,26);3H,2H2,1H3/t15-,18?;/m0./s1. The van der Waals surface area contributed by atoms with Gasteiger partial charge in [0.2, 0.25) is 12.4 Å². The molecule has 0 spiro atoms. The highest BCUT2D eigenvalue weighted by molar-refractivity contribution is 5.83. The molecule has 0 bridgehead atoms. The zero-order valence-electron chi connectivity index (χ0n) is 19.6. The SMILES string of the molecule is CC(C)=Nc1ccc(-c2ccn3nc(NC4CN(C)C[C@@H]4F)ncc23)nc1C.CCC(F)F. The van der Waals surface area contributed by atoms with Gasteiger partial charge in [-0.25, -0.2) is 22.7 Å². The van der Waals surface area contributed by atoms with Crippen molar-refractivity contribution in [1.82, 2.24) is 24.5 Å². The molecule has 33 heavy (non-hydrogen) atoms. The lowest BCUT2D eigenvalue weighted by Gasteiger charge is -2.14. The molecule has 7 nitrogen and oxygen atoms in total. The van der Waals surface area contributed by atoms with Crippen molar-refractivity contribution in [3.8, 4) is 11.3 Å². The summed E-state index contributed by atoms with van der Waals surface area (Å²) in [6, 6.07) is 5.60. The second kappa shape index (κ2) is 10.7. The third-order valence-electron chi connectivity index (χ3n) is 5.15. The third kappa shape index (κ3) is 6.28. The predicted molar refractivity (Wildman–Crippen MR) is 125 cm³/mol. The average Bonchev–Trinajstić information content (AvgIpc) is 3.31. The number of likely N-dealkylation sites (tertiary alicyclic amines) is 1. The molecule has 1 aliphatic rings. The number of fused-ring (bicyclic) bond motifs is 1. The lowest BCUT2D eigenvalue weighted by Crippen LogP contribution is -2.30. The quantitative estimate of drug-likeness (QED) is 0.545. The van der Waals surface area contributed by atoms with Crippen molar-refractivity contribution in [1.29, 1.82) is 0 Å². The number of anilines is 1. The van der Waals surface area contributed by atoms with Crippen molar-refractivity contribution in [3.63, 3.8) is 0 Å². The van der Waals surface area contributed by atoms with Gasteiger partial charge in [-0.3, -0.25) is 9.98 Å². The fourth-order valence-corrected chi connectivity index (χ4v) is 3.50. The average molecular weight is 462 g/mol. The smallest absolute Gasteiger partial charge is 0.241 e. The second-order valence-electron chi connectivity index (χ2n) is 8.29. The van der Waals surface area contributed by atoms with Crippen LogP contribution in [-0.2, 0) is 0 Å². The molecular weight excluding hydrogens is 431 g/mol. The van der Waals surface area contributed by atoms with Crippen molar-refractivity contribution in [2.75, 3.05) is 25.5 Å². The van der Waals surface area contributed by atoms with Crippen molar-refractivity contribution in [2.45, 2.75) is 52.8 Å². The van der Waals surface area contributed by atoms with Gasteiger partial charge in [-0.2, -0.15) is 0 Å². The Hall–Kier alpha value is -3.01. The van der Waals surface area contributed by atoms with E-state index in [-0.39, 0.29) is 12.5 Å². The summed E-state index contributed by atoms with van der Waals surface area (Å²) >= 11 is 0. The molecule has 1 aliphatic heterocycles. The number of halogens is 3. The highest BCUT2D eigenvalue weighted by Crippen LogP contribution is 2.27. The fraction of sp³-hybridized carbons (Fsp3) is 0.478. The van der Waals surface area contributed by atoms with Crippen LogP contribution in [0.3, 0.4) is 0 Å². The number of hydrogen-bond acceptors (Lipinski definition) is 6. The monoisotopic (exact) mass is 461 g/mol. The number of rotatable bonds is 5. The summed E-state index contributed by atoms with van der Waals surface area (Å²) in [4.78, 5) is 15.5. The summed E-state index contributed by atoms with van der Waals surface area (Å²) in [7, 11) is 1.91. The molecule has 1 N–H and O–H groups in total. The van der Waals surface area contributed by atoms with Crippen LogP contribution in [-0.4, -0.2) is 69.0 Å². The van der Waals surface area contributed by atoms with Gasteiger partial charge in [0.05, 0.1) is 34.8 Å². The molecule has 0 aromatic carbocycles. The number of likely N-dealkylation sites (N-methyl/N-ethyl adjacent to an activating group) is 1. The van der Waals surface area contributed by atoms with Crippen LogP contribution in [0, 0.1) is 6.92 Å². The minimum Gasteiger partial charge on any atom is -0.346 e. The number of aromatic nitrogens is 4. The van der Waals surface area contributed by atoms with Gasteiger partial charge in [-0.05, 0) is 46.0 Å². The van der Waals surface area contributed by atoms with Crippen molar-refractivity contribution in [3.05, 3.63) is 36.3 Å². The fourth-order valence-electron chi connectivity index (χ4n) is 3.50. The first-order valence-electron chi connectivity index (χ1n) is 10.9. The van der Waals surface area contributed by atoms with Gasteiger partial charge in [-0.15, -0.1) is 5.10 Å². The molecule has 1 unspecified atom stereocenters. The van der Waals surface area contributed by atoms with E-state index in [1.54, 1.807) is 10.7 Å². The maximum Gasteiger partial charge on any atom is 0.241 e. The minimum absolute atomic E-state index is 0.0278. The van der Waals surface area contributed by atoms with E-state index in [0.717, 1.165) is 33.9 Å². The largest absolute Gasteiger partial charge is 0.346 e. The molecule has 10 heteroatoms. The Balaban J connectivity index is 0.000000555. The molecule has 0 amide bonds. The summed E-state index contributed by atoms with van der Waals surface area (Å²) in [5.74, 6) is 0.421. The van der Waals surface area contributed by atoms with E-state index < -0.39 is 12.6 Å². The van der Waals surface area contributed by atoms with Crippen molar-refractivity contribution < 1.29 is 13.2 Å². The molecule has 0 saturated carbocycles. The molecule has 1 fully saturated rings. The van der Waals surface area contributed by atoms with E-state index in [2.05, 4.69) is 20.4 Å². The van der Waals surface area contributed by atoms with Gasteiger partial charge >= 0.3 is 0 Å². The van der Waals surface area contributed by atoms with Crippen molar-refractivity contribution >= 4 is 22.9 Å². The van der Waals surface area contributed by atoms with Gasteiger partial charge in [0, 0.05) is 37.0 Å². The van der Waals surface area contributed by atoms with Gasteiger partial charge in [0.1, 0.15) is 6.17 Å². The Morgan fingerprint density at radius 1 is 1.24 bits per heavy atom. The van der Waals surface area contributed by atoms with Gasteiger partial charge in [0.25, 0.3) is 0 Å². The van der Waals surface area contributed by atoms with Crippen LogP contribution < -0.4 is 5.32 Å². The highest BCUT2D eigenvalue weighted by Gasteiger charge is 2.31. The molecule has 3 aromatic rings. The Morgan fingerprint density at radius 3 is 2.55 bits per heavy atom. The number of aliphatic imine (C=N–C) groups is 1. The number of nitrogens with zero attached hydrogens (tertiary/aromatic N) is 6. The normalized spacial score (nSPS) is 18.3. The minimum atomic E-state index is -2.12. The summed E-state index contributed by atoms with van der Waals surface area (Å²) in [5, 5.41) is 7.59. The molecule has 4 rings (SSSR count). The molecule has 1 saturated heterocycles. The molecular formula is C23H30F3N7. The maximum absolute atomic E-state index is 14.0. The Kier molecular flexibility index (Phi) is 8.01. The zero-order valence-corrected chi connectivity index (χ0v) is 19.6. The van der Waals surface area contributed by atoms with Crippen LogP contribution >= 0.6 is 0 Å². The zero-order chi connectivity index (χ0) is 24.1. The lowest BCUT2D eigenvalue weighted by molar-refractivity contribution is 0.144. The first kappa shape index (κ1) is 24.6. The molecule has 4 heterocycles. The number of alkyl halides is 3. The van der Waals surface area contributed by atoms with E-state index in [1.807, 2.05) is 57.1 Å². The van der Waals surface area contributed by atoms with Crippen LogP contribution in [0.25, 0.3) is 16.8 Å². The van der Waals surface area contributed by atoms with Crippen LogP contribution in [0.2, 0.25) is 0 Å². The first-order chi connectivity index (χ1) is 15.7. The van der Waals surface area contributed by atoms with Crippen LogP contribution in [0.5, 0.6) is 0 Å². The summed E-state index contributed by atoms with van der Waals surface area (Å²) in [6.45, 7) is 8.39. The van der Waals surface area contributed by atoms with Crippen LogP contribution in [0.4, 0.5) is 24.8 Å². The second-order valence-corrected chi connectivity index (χ2v) is 8.29. The summed E-state index contributed by atoms with van der Waals surface area (Å²) in [6.07, 6.45) is 0.542. The third-order valence-corrected chi connectivity index (χ3v) is 5.15. The molecule has 0 aliphatic carbocycles. The van der Waals surface area contributed by atoms with Crippen LogP contribution in [0.1, 0.15) is 32.9 Å². The molecule has 2 atom stereocenters. The highest BCUT2D eigenvalue weighted by atomic mass is 19.3. The topological polar surface area (TPSA) is 70.7 Å². The van der Waals surface area contributed by atoms with Gasteiger partial charge in [0.15, 0.2) is 0 Å². The maximum atomic E-state index is 14.0. The van der Waals surface area contributed by atoms with Crippen LogP contribution in [0.15, 0.2) is 35.6 Å². The van der Waals surface area contributed by atoms with Gasteiger partial charge < -0.3 is 10.2 Å². The van der Waals surface area contributed by atoms with Crippen molar-refractivity contribution in [2.24, 2.45) is 4.99 Å². The Labute approximate surface area is 191 Å². The summed E-state index contributed by atoms with van der Waals surface area (Å²) < 4.78 is 37.3. The predicted octanol–water partition coefficient (Wildman–Crippen LogP) is 4.94. The number of aryl methyl sites for hydroxylation is 1. The molecule has 3 aromatic heterocycles. The number of nitrogens with one attached hydrogen (secondary N) is 1. The van der Waals surface area contributed by atoms with E-state index in [0.29, 0.717) is 19.0 Å². The molecule has 178 valence electrons. The van der Waals surface area contributed by atoms with E-state index >= 15 is 0 Å². The molecule has 0 radical (unpaired) electrons. The lowest BCUT2D eigenvalue weighted by atomic mass is 10.1. The Bertz CT molecular complexity index is 1110. The number of pyridine rings is 1. The first-order valence-corrected chi connectivity index (χ1v) is 10.9. The van der Waals surface area contributed by atoms with Gasteiger partial charge in [-0.1, -0.05) is 6.92 Å². The Morgan fingerprint density at radius 2 is 1.97 bits per heavy atom. The summed E-state index contributed by atoms with van der Waals surface area (Å²) in [5.41, 5.74) is 5.37. The van der Waals surface area contributed by atoms with E-state index in [1.165, 1.54) is 6.92 Å². The van der Waals surface area contributed by atoms with E-state index in [9.17, 15) is 13.2 Å². The number of hydrogen-bond donors (Lipinski definition) is 1. The van der Waals surface area contributed by atoms with E-state index in [4.69, 9.17) is 4.98 Å².